The van der Waals surface area contributed by atoms with Crippen molar-refractivity contribution in [1.29, 1.82) is 0 Å². The first-order chi connectivity index (χ1) is 12.9. The molecule has 3 rings (SSSR count). The molecule has 1 aromatic rings. The minimum atomic E-state index is -3.66. The van der Waals surface area contributed by atoms with E-state index in [1.807, 2.05) is 0 Å². The van der Waals surface area contributed by atoms with Gasteiger partial charge in [0, 0.05) is 25.6 Å². The molecule has 2 N–H and O–H groups in total. The van der Waals surface area contributed by atoms with Crippen molar-refractivity contribution in [2.75, 3.05) is 33.2 Å². The molecule has 8 heteroatoms. The van der Waals surface area contributed by atoms with Crippen molar-refractivity contribution in [3.8, 4) is 0 Å². The van der Waals surface area contributed by atoms with Gasteiger partial charge in [-0.2, -0.15) is 8.42 Å². The monoisotopic (exact) mass is 393 g/mol. The quantitative estimate of drug-likeness (QED) is 0.668. The molecule has 7 nitrogen and oxygen atoms in total. The van der Waals surface area contributed by atoms with Crippen LogP contribution in [0.4, 0.5) is 0 Å². The average molecular weight is 394 g/mol. The van der Waals surface area contributed by atoms with Crippen molar-refractivity contribution in [2.45, 2.75) is 43.5 Å². The molecule has 0 spiro atoms. The van der Waals surface area contributed by atoms with Crippen LogP contribution in [0, 0.1) is 0 Å². The molecule has 0 radical (unpaired) electrons. The zero-order valence-corrected chi connectivity index (χ0v) is 16.9. The molecule has 27 heavy (non-hydrogen) atoms. The van der Waals surface area contributed by atoms with Gasteiger partial charge in [0.2, 0.25) is 5.91 Å². The number of benzene rings is 1. The van der Waals surface area contributed by atoms with Crippen LogP contribution in [-0.2, 0) is 14.8 Å². The number of hydrogen-bond donors (Lipinski definition) is 2. The van der Waals surface area contributed by atoms with Crippen LogP contribution < -0.4 is 10.2 Å². The smallest absolute Gasteiger partial charge is 0.285 e. The summed E-state index contributed by atoms with van der Waals surface area (Å²) in [5.74, 6) is 0.205. The third-order valence-electron chi connectivity index (χ3n) is 5.43. The Bertz CT molecular complexity index is 822. The lowest BCUT2D eigenvalue weighted by atomic mass is 10.0. The molecule has 0 saturated carbocycles. The first kappa shape index (κ1) is 19.8. The number of amides is 1. The lowest BCUT2D eigenvalue weighted by Gasteiger charge is -2.30. The summed E-state index contributed by atoms with van der Waals surface area (Å²) in [6.07, 6.45) is 4.87. The van der Waals surface area contributed by atoms with Gasteiger partial charge in [-0.25, -0.2) is 0 Å². The van der Waals surface area contributed by atoms with Gasteiger partial charge >= 0.3 is 0 Å². The number of piperidine rings is 1. The third kappa shape index (κ3) is 4.68. The summed E-state index contributed by atoms with van der Waals surface area (Å²) in [6.45, 7) is 5.33. The van der Waals surface area contributed by atoms with Crippen LogP contribution in [0.2, 0.25) is 0 Å². The second kappa shape index (κ2) is 8.39. The van der Waals surface area contributed by atoms with Gasteiger partial charge in [-0.05, 0) is 38.3 Å². The second-order valence-electron chi connectivity index (χ2n) is 7.50. The molecule has 1 amide bonds. The number of nitrogens with zero attached hydrogens (tertiary/aromatic N) is 2. The van der Waals surface area contributed by atoms with E-state index in [4.69, 9.17) is 0 Å². The van der Waals surface area contributed by atoms with Gasteiger partial charge in [0.15, 0.2) is 5.84 Å². The van der Waals surface area contributed by atoms with Crippen molar-refractivity contribution in [1.82, 2.24) is 10.2 Å². The summed E-state index contributed by atoms with van der Waals surface area (Å²) in [6, 6.07) is 7.41. The van der Waals surface area contributed by atoms with Gasteiger partial charge in [-0.15, -0.1) is 4.40 Å². The maximum absolute atomic E-state index is 12.2. The van der Waals surface area contributed by atoms with Crippen molar-refractivity contribution in [2.24, 2.45) is 4.40 Å². The summed E-state index contributed by atoms with van der Waals surface area (Å²) < 4.78 is 28.1. The zero-order chi connectivity index (χ0) is 19.4. The summed E-state index contributed by atoms with van der Waals surface area (Å²) in [5, 5.41) is 2.94. The molecule has 148 valence electrons. The Morgan fingerprint density at radius 3 is 2.89 bits per heavy atom. The van der Waals surface area contributed by atoms with E-state index in [2.05, 4.69) is 16.6 Å². The highest BCUT2D eigenvalue weighted by molar-refractivity contribution is 7.90. The van der Waals surface area contributed by atoms with Crippen LogP contribution in [0.3, 0.4) is 0 Å². The van der Waals surface area contributed by atoms with Crippen molar-refractivity contribution >= 4 is 21.8 Å². The number of quaternary nitrogens is 1. The highest BCUT2D eigenvalue weighted by atomic mass is 32.2. The fourth-order valence-electron chi connectivity index (χ4n) is 3.88. The van der Waals surface area contributed by atoms with Crippen molar-refractivity contribution in [3.05, 3.63) is 29.8 Å². The zero-order valence-electron chi connectivity index (χ0n) is 16.1. The Hall–Kier alpha value is -1.93. The van der Waals surface area contributed by atoms with Gasteiger partial charge < -0.3 is 15.1 Å². The van der Waals surface area contributed by atoms with Crippen LogP contribution in [0.1, 0.15) is 38.2 Å². The number of likely N-dealkylation sites (tertiary alicyclic amines) is 1. The summed E-state index contributed by atoms with van der Waals surface area (Å²) in [4.78, 5) is 15.7. The largest absolute Gasteiger partial charge is 0.354 e. The molecule has 0 aliphatic carbocycles. The highest BCUT2D eigenvalue weighted by Gasteiger charge is 2.30. The maximum atomic E-state index is 12.2. The van der Waals surface area contributed by atoms with E-state index in [9.17, 15) is 13.2 Å². The summed E-state index contributed by atoms with van der Waals surface area (Å²) in [5.41, 5.74) is 0.551. The number of hydrogen-bond acceptors (Lipinski definition) is 4. The summed E-state index contributed by atoms with van der Waals surface area (Å²) in [7, 11) is -1.97. The van der Waals surface area contributed by atoms with E-state index >= 15 is 0 Å². The molecular weight excluding hydrogens is 364 g/mol. The standard InChI is InChI=1S/C19H28N4O3S/c1-15-8-5-6-12-23(15)13-7-11-20-18(24)14-22(2)19-16-9-3-4-10-17(16)27(25,26)21-19/h3-4,9-10,15H,5-8,11-14H2,1-2H3,(H,20,24)/p+1/t15-/m1/s1. The van der Waals surface area contributed by atoms with E-state index in [0.717, 1.165) is 13.0 Å². The molecule has 0 aromatic heterocycles. The van der Waals surface area contributed by atoms with Crippen molar-refractivity contribution < 1.29 is 18.1 Å². The minimum absolute atomic E-state index is 0.0790. The highest BCUT2D eigenvalue weighted by Crippen LogP contribution is 2.26. The number of fused-ring (bicyclic) bond motifs is 1. The van der Waals surface area contributed by atoms with Gasteiger partial charge in [0.25, 0.3) is 10.0 Å². The SMILES string of the molecule is C[C@@H]1CCCC[NH+]1CCCNC(=O)CN(C)C1=NS(=O)(=O)c2ccccc21. The van der Waals surface area contributed by atoms with E-state index < -0.39 is 10.0 Å². The number of carbonyl (C=O) groups is 1. The predicted molar refractivity (Wildman–Crippen MR) is 104 cm³/mol. The second-order valence-corrected chi connectivity index (χ2v) is 9.07. The van der Waals surface area contributed by atoms with Crippen LogP contribution in [0.5, 0.6) is 0 Å². The number of nitrogens with one attached hydrogen (secondary N) is 2. The molecule has 0 bridgehead atoms. The fraction of sp³-hybridized carbons (Fsp3) is 0.579. The normalized spacial score (nSPS) is 23.4. The molecule has 1 fully saturated rings. The van der Waals surface area contributed by atoms with Gasteiger partial charge in [0.1, 0.15) is 4.90 Å². The van der Waals surface area contributed by atoms with Gasteiger partial charge in [-0.1, -0.05) is 12.1 Å². The maximum Gasteiger partial charge on any atom is 0.285 e. The number of carbonyl (C=O) groups excluding carboxylic acids is 1. The molecule has 2 heterocycles. The van der Waals surface area contributed by atoms with Crippen LogP contribution in [0.25, 0.3) is 0 Å². The van der Waals surface area contributed by atoms with Crippen LogP contribution >= 0.6 is 0 Å². The van der Waals surface area contributed by atoms with Gasteiger partial charge in [0.05, 0.1) is 25.7 Å². The number of amidine groups is 1. The average Bonchev–Trinajstić information content (AvgIpc) is 2.92. The summed E-state index contributed by atoms with van der Waals surface area (Å²) >= 11 is 0. The van der Waals surface area contributed by atoms with E-state index in [1.54, 1.807) is 41.1 Å². The topological polar surface area (TPSA) is 83.3 Å². The lowest BCUT2D eigenvalue weighted by Crippen LogP contribution is -3.16. The van der Waals surface area contributed by atoms with Crippen molar-refractivity contribution in [3.63, 3.8) is 0 Å². The third-order valence-corrected chi connectivity index (χ3v) is 6.76. The first-order valence-corrected chi connectivity index (χ1v) is 11.1. The molecular formula is C19H29N4O3S+. The molecule has 1 saturated heterocycles. The molecule has 1 aromatic carbocycles. The van der Waals surface area contributed by atoms with E-state index in [0.29, 0.717) is 24.0 Å². The Morgan fingerprint density at radius 2 is 2.11 bits per heavy atom. The van der Waals surface area contributed by atoms with E-state index in [1.165, 1.54) is 25.8 Å². The Labute approximate surface area is 161 Å². The Kier molecular flexibility index (Phi) is 6.16. The fourth-order valence-corrected chi connectivity index (χ4v) is 5.13. The molecule has 2 aliphatic heterocycles. The molecule has 2 atom stereocenters. The van der Waals surface area contributed by atoms with Crippen LogP contribution in [-0.4, -0.2) is 64.3 Å². The Balaban J connectivity index is 1.47. The minimum Gasteiger partial charge on any atom is -0.354 e. The van der Waals surface area contributed by atoms with Gasteiger partial charge in [-0.3, -0.25) is 4.79 Å². The van der Waals surface area contributed by atoms with Crippen LogP contribution in [0.15, 0.2) is 33.6 Å². The van der Waals surface area contributed by atoms with E-state index in [-0.39, 0.29) is 17.3 Å². The number of rotatable bonds is 6. The lowest BCUT2D eigenvalue weighted by molar-refractivity contribution is -0.928. The number of likely N-dealkylation sites (N-methyl/N-ethyl adjacent to an activating group) is 1. The predicted octanol–water partition coefficient (Wildman–Crippen LogP) is 0.0309. The Morgan fingerprint density at radius 1 is 1.33 bits per heavy atom. The molecule has 1 unspecified atom stereocenters. The first-order valence-electron chi connectivity index (χ1n) is 9.65. The number of sulfonamides is 1. The molecule has 2 aliphatic rings.